The summed E-state index contributed by atoms with van der Waals surface area (Å²) >= 11 is 3.17. The van der Waals surface area contributed by atoms with Crippen molar-refractivity contribution in [2.45, 2.75) is 12.8 Å². The number of nitrogens with zero attached hydrogens (tertiary/aromatic N) is 1. The van der Waals surface area contributed by atoms with E-state index in [0.29, 0.717) is 11.2 Å². The van der Waals surface area contributed by atoms with Crippen LogP contribution in [0, 0.1) is 5.92 Å². The largest absolute Gasteiger partial charge is 0.342 e. The number of hydrogen-bond acceptors (Lipinski definition) is 2. The SMILES string of the molecule is NCC1CCN(C(=O)CBr)CC1. The lowest BCUT2D eigenvalue weighted by molar-refractivity contribution is -0.129. The minimum atomic E-state index is 0.200. The van der Waals surface area contributed by atoms with Gasteiger partial charge in [0, 0.05) is 13.1 Å². The zero-order valence-electron chi connectivity index (χ0n) is 7.13. The highest BCUT2D eigenvalue weighted by atomic mass is 79.9. The first-order valence-corrected chi connectivity index (χ1v) is 5.44. The van der Waals surface area contributed by atoms with E-state index in [1.807, 2.05) is 4.90 Å². The number of amides is 1. The smallest absolute Gasteiger partial charge is 0.233 e. The number of alkyl halides is 1. The molecule has 1 rings (SSSR count). The molecule has 0 radical (unpaired) electrons. The molecule has 70 valence electrons. The summed E-state index contributed by atoms with van der Waals surface area (Å²) in [4.78, 5) is 13.1. The molecular formula is C8H15BrN2O. The van der Waals surface area contributed by atoms with Crippen LogP contribution in [0.2, 0.25) is 0 Å². The molecule has 0 saturated carbocycles. The highest BCUT2D eigenvalue weighted by Gasteiger charge is 2.20. The maximum atomic E-state index is 11.2. The fourth-order valence-electron chi connectivity index (χ4n) is 1.50. The lowest BCUT2D eigenvalue weighted by Crippen LogP contribution is -2.40. The third kappa shape index (κ3) is 2.45. The van der Waals surface area contributed by atoms with E-state index < -0.39 is 0 Å². The summed E-state index contributed by atoms with van der Waals surface area (Å²) in [7, 11) is 0. The van der Waals surface area contributed by atoms with Crippen LogP contribution >= 0.6 is 15.9 Å². The van der Waals surface area contributed by atoms with Crippen LogP contribution in [0.15, 0.2) is 0 Å². The third-order valence-electron chi connectivity index (χ3n) is 2.41. The summed E-state index contributed by atoms with van der Waals surface area (Å²) < 4.78 is 0. The summed E-state index contributed by atoms with van der Waals surface area (Å²) in [6, 6.07) is 0. The maximum Gasteiger partial charge on any atom is 0.233 e. The molecular weight excluding hydrogens is 220 g/mol. The number of carbonyl (C=O) groups excluding carboxylic acids is 1. The molecule has 2 N–H and O–H groups in total. The molecule has 0 unspecified atom stereocenters. The van der Waals surface area contributed by atoms with Crippen molar-refractivity contribution in [3.63, 3.8) is 0 Å². The predicted molar refractivity (Wildman–Crippen MR) is 52.2 cm³/mol. The van der Waals surface area contributed by atoms with E-state index in [0.717, 1.165) is 32.5 Å². The summed E-state index contributed by atoms with van der Waals surface area (Å²) in [6.07, 6.45) is 2.13. The van der Waals surface area contributed by atoms with Crippen LogP contribution in [0.3, 0.4) is 0 Å². The molecule has 1 amide bonds. The number of nitrogens with two attached hydrogens (primary N) is 1. The van der Waals surface area contributed by atoms with Gasteiger partial charge in [0.2, 0.25) is 5.91 Å². The Morgan fingerprint density at radius 1 is 1.50 bits per heavy atom. The molecule has 0 aromatic heterocycles. The van der Waals surface area contributed by atoms with Gasteiger partial charge in [0.05, 0.1) is 5.33 Å². The molecule has 0 aromatic rings. The van der Waals surface area contributed by atoms with Gasteiger partial charge in [0.1, 0.15) is 0 Å². The molecule has 1 heterocycles. The number of likely N-dealkylation sites (tertiary alicyclic amines) is 1. The van der Waals surface area contributed by atoms with Crippen molar-refractivity contribution in [3.05, 3.63) is 0 Å². The molecule has 0 spiro atoms. The Morgan fingerprint density at radius 3 is 2.50 bits per heavy atom. The lowest BCUT2D eigenvalue weighted by Gasteiger charge is -2.30. The monoisotopic (exact) mass is 234 g/mol. The van der Waals surface area contributed by atoms with Gasteiger partial charge in [-0.25, -0.2) is 0 Å². The third-order valence-corrected chi connectivity index (χ3v) is 2.89. The Hall–Kier alpha value is -0.0900. The van der Waals surface area contributed by atoms with Crippen molar-refractivity contribution in [1.29, 1.82) is 0 Å². The number of carbonyl (C=O) groups is 1. The molecule has 1 aliphatic heterocycles. The molecule has 0 atom stereocenters. The Morgan fingerprint density at radius 2 is 2.08 bits per heavy atom. The first-order chi connectivity index (χ1) is 5.77. The molecule has 3 nitrogen and oxygen atoms in total. The topological polar surface area (TPSA) is 46.3 Å². The average Bonchev–Trinajstić information content (AvgIpc) is 2.17. The van der Waals surface area contributed by atoms with Gasteiger partial charge in [0.25, 0.3) is 0 Å². The van der Waals surface area contributed by atoms with Crippen molar-refractivity contribution in [2.75, 3.05) is 25.0 Å². The van der Waals surface area contributed by atoms with Gasteiger partial charge in [-0.15, -0.1) is 0 Å². The van der Waals surface area contributed by atoms with Crippen LogP contribution in [0.5, 0.6) is 0 Å². The second-order valence-corrected chi connectivity index (χ2v) is 3.75. The number of halogens is 1. The Kier molecular flexibility index (Phi) is 4.01. The van der Waals surface area contributed by atoms with Gasteiger partial charge in [0.15, 0.2) is 0 Å². The Balaban J connectivity index is 2.30. The minimum absolute atomic E-state index is 0.200. The zero-order chi connectivity index (χ0) is 8.97. The first kappa shape index (κ1) is 9.99. The van der Waals surface area contributed by atoms with Crippen molar-refractivity contribution in [2.24, 2.45) is 11.7 Å². The molecule has 1 fully saturated rings. The number of rotatable bonds is 2. The van der Waals surface area contributed by atoms with E-state index in [4.69, 9.17) is 5.73 Å². The van der Waals surface area contributed by atoms with Crippen LogP contribution in [-0.2, 0) is 4.79 Å². The van der Waals surface area contributed by atoms with Crippen molar-refractivity contribution >= 4 is 21.8 Å². The molecule has 1 aliphatic rings. The molecule has 1 saturated heterocycles. The molecule has 0 aliphatic carbocycles. The van der Waals surface area contributed by atoms with Crippen LogP contribution in [-0.4, -0.2) is 35.8 Å². The van der Waals surface area contributed by atoms with Crippen molar-refractivity contribution in [3.8, 4) is 0 Å². The van der Waals surface area contributed by atoms with Crippen LogP contribution in [0.25, 0.3) is 0 Å². The van der Waals surface area contributed by atoms with Crippen molar-refractivity contribution < 1.29 is 4.79 Å². The van der Waals surface area contributed by atoms with E-state index >= 15 is 0 Å². The summed E-state index contributed by atoms with van der Waals surface area (Å²) in [5.41, 5.74) is 5.54. The zero-order valence-corrected chi connectivity index (χ0v) is 8.72. The van der Waals surface area contributed by atoms with E-state index in [2.05, 4.69) is 15.9 Å². The second kappa shape index (κ2) is 4.82. The maximum absolute atomic E-state index is 11.2. The summed E-state index contributed by atoms with van der Waals surface area (Å²) in [5.74, 6) is 0.829. The fraction of sp³-hybridized carbons (Fsp3) is 0.875. The van der Waals surface area contributed by atoms with Crippen LogP contribution in [0.4, 0.5) is 0 Å². The standard InChI is InChI=1S/C8H15BrN2O/c9-5-8(12)11-3-1-7(6-10)2-4-11/h7H,1-6,10H2. The summed E-state index contributed by atoms with van der Waals surface area (Å²) in [5, 5.41) is 0.445. The van der Waals surface area contributed by atoms with Gasteiger partial charge in [-0.2, -0.15) is 0 Å². The number of piperidine rings is 1. The average molecular weight is 235 g/mol. The van der Waals surface area contributed by atoms with Gasteiger partial charge in [-0.1, -0.05) is 15.9 Å². The van der Waals surface area contributed by atoms with Crippen LogP contribution in [0.1, 0.15) is 12.8 Å². The van der Waals surface area contributed by atoms with E-state index in [-0.39, 0.29) is 5.91 Å². The fourth-order valence-corrected chi connectivity index (χ4v) is 1.86. The molecule has 0 aromatic carbocycles. The van der Waals surface area contributed by atoms with Crippen LogP contribution < -0.4 is 5.73 Å². The molecule has 4 heteroatoms. The number of hydrogen-bond donors (Lipinski definition) is 1. The molecule has 12 heavy (non-hydrogen) atoms. The van der Waals surface area contributed by atoms with Gasteiger partial charge in [-0.05, 0) is 25.3 Å². The lowest BCUT2D eigenvalue weighted by atomic mass is 9.97. The van der Waals surface area contributed by atoms with Gasteiger partial charge in [-0.3, -0.25) is 4.79 Å². The quantitative estimate of drug-likeness (QED) is 0.711. The van der Waals surface area contributed by atoms with Crippen molar-refractivity contribution in [1.82, 2.24) is 4.90 Å². The minimum Gasteiger partial charge on any atom is -0.342 e. The Labute approximate surface area is 81.4 Å². The van der Waals surface area contributed by atoms with E-state index in [1.165, 1.54) is 0 Å². The van der Waals surface area contributed by atoms with Gasteiger partial charge < -0.3 is 10.6 Å². The van der Waals surface area contributed by atoms with E-state index in [9.17, 15) is 4.79 Å². The Bertz CT molecular complexity index is 155. The highest BCUT2D eigenvalue weighted by Crippen LogP contribution is 2.15. The second-order valence-electron chi connectivity index (χ2n) is 3.19. The molecule has 0 bridgehead atoms. The summed E-state index contributed by atoms with van der Waals surface area (Å²) in [6.45, 7) is 2.52. The predicted octanol–water partition coefficient (Wildman–Crippen LogP) is 0.579. The highest BCUT2D eigenvalue weighted by molar-refractivity contribution is 9.09. The normalized spacial score (nSPS) is 19.7. The van der Waals surface area contributed by atoms with E-state index in [1.54, 1.807) is 0 Å². The first-order valence-electron chi connectivity index (χ1n) is 4.31. The van der Waals surface area contributed by atoms with Gasteiger partial charge >= 0.3 is 0 Å².